The van der Waals surface area contributed by atoms with Gasteiger partial charge in [0.2, 0.25) is 0 Å². The fourth-order valence-electron chi connectivity index (χ4n) is 1.92. The summed E-state index contributed by atoms with van der Waals surface area (Å²) < 4.78 is 2.09. The van der Waals surface area contributed by atoms with E-state index in [1.807, 2.05) is 0 Å². The lowest BCUT2D eigenvalue weighted by Crippen LogP contribution is -2.22. The molecule has 1 aliphatic heterocycles. The van der Waals surface area contributed by atoms with Crippen LogP contribution in [0.1, 0.15) is 36.5 Å². The topological polar surface area (TPSA) is 3.24 Å². The average molecular weight is 207 g/mol. The van der Waals surface area contributed by atoms with Crippen molar-refractivity contribution in [3.8, 4) is 0 Å². The van der Waals surface area contributed by atoms with Crippen LogP contribution >= 0.6 is 12.8 Å². The van der Waals surface area contributed by atoms with Crippen molar-refractivity contribution in [3.05, 3.63) is 34.9 Å². The van der Waals surface area contributed by atoms with Crippen molar-refractivity contribution in [2.45, 2.75) is 32.7 Å². The summed E-state index contributed by atoms with van der Waals surface area (Å²) in [5, 5.41) is 0. The molecule has 0 fully saturated rings. The van der Waals surface area contributed by atoms with Crippen molar-refractivity contribution in [2.75, 3.05) is 6.54 Å². The van der Waals surface area contributed by atoms with Gasteiger partial charge in [0.05, 0.1) is 0 Å². The highest BCUT2D eigenvalue weighted by atomic mass is 32.1. The van der Waals surface area contributed by atoms with Crippen LogP contribution in [0.5, 0.6) is 0 Å². The summed E-state index contributed by atoms with van der Waals surface area (Å²) in [6.07, 6.45) is 1.14. The van der Waals surface area contributed by atoms with Crippen LogP contribution in [-0.4, -0.2) is 10.8 Å². The van der Waals surface area contributed by atoms with E-state index < -0.39 is 0 Å². The van der Waals surface area contributed by atoms with Crippen LogP contribution < -0.4 is 0 Å². The van der Waals surface area contributed by atoms with Gasteiger partial charge in [-0.3, -0.25) is 0 Å². The monoisotopic (exact) mass is 207 g/mol. The number of benzene rings is 1. The number of nitrogens with zero attached hydrogens (tertiary/aromatic N) is 1. The fraction of sp³-hybridized carbons (Fsp3) is 0.500. The lowest BCUT2D eigenvalue weighted by molar-refractivity contribution is 0.449. The Morgan fingerprint density at radius 2 is 2.07 bits per heavy atom. The molecule has 0 unspecified atom stereocenters. The number of rotatable bonds is 1. The van der Waals surface area contributed by atoms with Crippen molar-refractivity contribution >= 4 is 12.8 Å². The van der Waals surface area contributed by atoms with E-state index in [0.29, 0.717) is 5.92 Å². The summed E-state index contributed by atoms with van der Waals surface area (Å²) >= 11 is 4.41. The highest BCUT2D eigenvalue weighted by Gasteiger charge is 2.14. The van der Waals surface area contributed by atoms with Gasteiger partial charge < -0.3 is 0 Å². The SMILES string of the molecule is CC(C)c1ccc2c(c1)CN(S)CC2. The fourth-order valence-corrected chi connectivity index (χ4v) is 2.17. The normalized spacial score (nSPS) is 17.1. The third-order valence-corrected chi connectivity index (χ3v) is 3.23. The molecule has 0 aliphatic carbocycles. The van der Waals surface area contributed by atoms with Gasteiger partial charge in [0.25, 0.3) is 0 Å². The van der Waals surface area contributed by atoms with Crippen LogP contribution in [0.2, 0.25) is 0 Å². The maximum atomic E-state index is 4.41. The summed E-state index contributed by atoms with van der Waals surface area (Å²) in [4.78, 5) is 0. The van der Waals surface area contributed by atoms with E-state index >= 15 is 0 Å². The predicted octanol–water partition coefficient (Wildman–Crippen LogP) is 3.01. The second-order valence-electron chi connectivity index (χ2n) is 4.32. The predicted molar refractivity (Wildman–Crippen MR) is 63.6 cm³/mol. The second-order valence-corrected chi connectivity index (χ2v) is 4.89. The lowest BCUT2D eigenvalue weighted by Gasteiger charge is -2.24. The van der Waals surface area contributed by atoms with Crippen molar-refractivity contribution in [1.82, 2.24) is 4.31 Å². The Bertz CT molecular complexity index is 333. The molecule has 1 aromatic rings. The molecule has 1 heterocycles. The Morgan fingerprint density at radius 1 is 1.29 bits per heavy atom. The molecule has 0 saturated heterocycles. The number of thiol groups is 1. The molecule has 0 atom stereocenters. The smallest absolute Gasteiger partial charge is 0.0341 e. The van der Waals surface area contributed by atoms with E-state index in [0.717, 1.165) is 19.5 Å². The van der Waals surface area contributed by atoms with Gasteiger partial charge in [-0.1, -0.05) is 44.9 Å². The Hall–Kier alpha value is -0.470. The molecule has 2 heteroatoms. The van der Waals surface area contributed by atoms with Crippen LogP contribution in [0.25, 0.3) is 0 Å². The Kier molecular flexibility index (Phi) is 2.84. The molecule has 0 spiro atoms. The molecule has 1 aromatic carbocycles. The van der Waals surface area contributed by atoms with Crippen molar-refractivity contribution in [2.24, 2.45) is 0 Å². The molecule has 2 rings (SSSR count). The summed E-state index contributed by atoms with van der Waals surface area (Å²) in [5.41, 5.74) is 4.39. The molecule has 14 heavy (non-hydrogen) atoms. The largest absolute Gasteiger partial charge is 0.249 e. The van der Waals surface area contributed by atoms with Gasteiger partial charge in [-0.25, -0.2) is 4.31 Å². The quantitative estimate of drug-likeness (QED) is 0.693. The standard InChI is InChI=1S/C12H17NS/c1-9(2)11-4-3-10-5-6-13(14)8-12(10)7-11/h3-4,7,9,14H,5-6,8H2,1-2H3. The van der Waals surface area contributed by atoms with E-state index in [1.54, 1.807) is 0 Å². The van der Waals surface area contributed by atoms with Crippen LogP contribution in [0.4, 0.5) is 0 Å². The first-order valence-electron chi connectivity index (χ1n) is 5.22. The molecule has 1 aliphatic rings. The van der Waals surface area contributed by atoms with Crippen molar-refractivity contribution < 1.29 is 0 Å². The lowest BCUT2D eigenvalue weighted by atomic mass is 9.94. The van der Waals surface area contributed by atoms with Crippen LogP contribution in [0, 0.1) is 0 Å². The first kappa shape index (κ1) is 10.1. The van der Waals surface area contributed by atoms with E-state index in [9.17, 15) is 0 Å². The number of fused-ring (bicyclic) bond motifs is 1. The van der Waals surface area contributed by atoms with Crippen LogP contribution in [0.15, 0.2) is 18.2 Å². The maximum Gasteiger partial charge on any atom is 0.0341 e. The molecular weight excluding hydrogens is 190 g/mol. The molecule has 76 valence electrons. The van der Waals surface area contributed by atoms with Gasteiger partial charge in [0.1, 0.15) is 0 Å². The molecule has 0 aromatic heterocycles. The second kappa shape index (κ2) is 3.95. The zero-order chi connectivity index (χ0) is 10.1. The van der Waals surface area contributed by atoms with E-state index in [2.05, 4.69) is 49.2 Å². The van der Waals surface area contributed by atoms with Gasteiger partial charge in [0.15, 0.2) is 0 Å². The molecule has 0 amide bonds. The highest BCUT2D eigenvalue weighted by molar-refractivity contribution is 7.77. The van der Waals surface area contributed by atoms with Gasteiger partial charge in [-0.05, 0) is 29.0 Å². The van der Waals surface area contributed by atoms with Gasteiger partial charge in [-0.2, -0.15) is 0 Å². The molecule has 0 radical (unpaired) electrons. The Balaban J connectivity index is 2.33. The highest BCUT2D eigenvalue weighted by Crippen LogP contribution is 2.24. The van der Waals surface area contributed by atoms with Crippen LogP contribution in [-0.2, 0) is 13.0 Å². The number of hydrogen-bond acceptors (Lipinski definition) is 2. The van der Waals surface area contributed by atoms with E-state index in [4.69, 9.17) is 0 Å². The first-order valence-corrected chi connectivity index (χ1v) is 5.62. The Labute approximate surface area is 91.7 Å². The average Bonchev–Trinajstić information content (AvgIpc) is 2.16. The summed E-state index contributed by atoms with van der Waals surface area (Å²) in [6.45, 7) is 6.53. The van der Waals surface area contributed by atoms with Gasteiger partial charge in [0, 0.05) is 13.1 Å². The van der Waals surface area contributed by atoms with E-state index in [-0.39, 0.29) is 0 Å². The molecule has 0 saturated carbocycles. The van der Waals surface area contributed by atoms with Crippen LogP contribution in [0.3, 0.4) is 0 Å². The maximum absolute atomic E-state index is 4.41. The zero-order valence-electron chi connectivity index (χ0n) is 8.83. The summed E-state index contributed by atoms with van der Waals surface area (Å²) in [5.74, 6) is 0.621. The summed E-state index contributed by atoms with van der Waals surface area (Å²) in [7, 11) is 0. The van der Waals surface area contributed by atoms with Crippen molar-refractivity contribution in [3.63, 3.8) is 0 Å². The number of hydrogen-bond donors (Lipinski definition) is 1. The molecule has 0 bridgehead atoms. The van der Waals surface area contributed by atoms with Crippen molar-refractivity contribution in [1.29, 1.82) is 0 Å². The minimum absolute atomic E-state index is 0.621. The zero-order valence-corrected chi connectivity index (χ0v) is 9.72. The summed E-state index contributed by atoms with van der Waals surface area (Å²) in [6, 6.07) is 6.88. The Morgan fingerprint density at radius 3 is 2.79 bits per heavy atom. The minimum Gasteiger partial charge on any atom is -0.249 e. The molecule has 0 N–H and O–H groups in total. The third kappa shape index (κ3) is 1.96. The van der Waals surface area contributed by atoms with Gasteiger partial charge >= 0.3 is 0 Å². The molecule has 1 nitrogen and oxygen atoms in total. The minimum atomic E-state index is 0.621. The first-order chi connectivity index (χ1) is 6.66. The molecular formula is C12H17NS. The van der Waals surface area contributed by atoms with E-state index in [1.165, 1.54) is 16.7 Å². The third-order valence-electron chi connectivity index (χ3n) is 2.89. The van der Waals surface area contributed by atoms with Gasteiger partial charge in [-0.15, -0.1) is 0 Å².